The minimum Gasteiger partial charge on any atom is -0.373 e. The second kappa shape index (κ2) is 7.38. The van der Waals surface area contributed by atoms with Crippen molar-refractivity contribution in [3.63, 3.8) is 0 Å². The van der Waals surface area contributed by atoms with E-state index in [1.165, 1.54) is 5.56 Å². The second-order valence-corrected chi connectivity index (χ2v) is 6.52. The smallest absolute Gasteiger partial charge is 0.0992 e. The molecule has 2 aliphatic rings. The number of pyridine rings is 2. The van der Waals surface area contributed by atoms with Crippen LogP contribution in [0, 0.1) is 0 Å². The molecule has 4 rings (SSSR count). The van der Waals surface area contributed by atoms with Crippen molar-refractivity contribution < 1.29 is 9.47 Å². The monoisotopic (exact) mass is 325 g/mol. The molecule has 1 aliphatic carbocycles. The molecule has 1 saturated carbocycles. The lowest BCUT2D eigenvalue weighted by Crippen LogP contribution is -2.51. The van der Waals surface area contributed by atoms with Crippen LogP contribution in [0.2, 0.25) is 0 Å². The first-order valence-electron chi connectivity index (χ1n) is 8.65. The average molecular weight is 325 g/mol. The predicted octanol–water partition coefficient (Wildman–Crippen LogP) is 2.43. The quantitative estimate of drug-likeness (QED) is 0.845. The summed E-state index contributed by atoms with van der Waals surface area (Å²) >= 11 is 0. The fourth-order valence-corrected chi connectivity index (χ4v) is 3.77. The van der Waals surface area contributed by atoms with Crippen molar-refractivity contribution in [1.29, 1.82) is 0 Å². The number of hydrogen-bond acceptors (Lipinski definition) is 5. The van der Waals surface area contributed by atoms with Crippen LogP contribution >= 0.6 is 0 Å². The lowest BCUT2D eigenvalue weighted by Gasteiger charge is -2.39. The Morgan fingerprint density at radius 3 is 2.83 bits per heavy atom. The molecule has 1 aliphatic heterocycles. The van der Waals surface area contributed by atoms with Crippen molar-refractivity contribution >= 4 is 0 Å². The number of ether oxygens (including phenoxy) is 2. The highest BCUT2D eigenvalue weighted by atomic mass is 16.5. The maximum atomic E-state index is 6.17. The average Bonchev–Trinajstić information content (AvgIpc) is 3.06. The maximum Gasteiger partial charge on any atom is 0.0992 e. The number of morpholine rings is 1. The van der Waals surface area contributed by atoms with E-state index in [0.717, 1.165) is 38.1 Å². The fraction of sp³-hybridized carbons (Fsp3) is 0.474. The molecule has 5 nitrogen and oxygen atoms in total. The van der Waals surface area contributed by atoms with Gasteiger partial charge in [-0.25, -0.2) is 0 Å². The van der Waals surface area contributed by atoms with Crippen LogP contribution in [0.1, 0.15) is 24.0 Å². The second-order valence-electron chi connectivity index (χ2n) is 6.52. The molecule has 0 unspecified atom stereocenters. The van der Waals surface area contributed by atoms with Crippen molar-refractivity contribution in [3.05, 3.63) is 60.2 Å². The van der Waals surface area contributed by atoms with Gasteiger partial charge >= 0.3 is 0 Å². The molecule has 0 radical (unpaired) electrons. The van der Waals surface area contributed by atoms with Crippen LogP contribution in [0.15, 0.2) is 49.1 Å². The molecule has 2 fully saturated rings. The lowest BCUT2D eigenvalue weighted by molar-refractivity contribution is -0.118. The summed E-state index contributed by atoms with van der Waals surface area (Å²) in [4.78, 5) is 10.8. The van der Waals surface area contributed by atoms with Crippen LogP contribution in [-0.2, 0) is 22.6 Å². The number of hydrogen-bond donors (Lipinski definition) is 0. The van der Waals surface area contributed by atoms with E-state index < -0.39 is 0 Å². The Bertz CT molecular complexity index is 638. The Morgan fingerprint density at radius 1 is 1.08 bits per heavy atom. The Labute approximate surface area is 142 Å². The van der Waals surface area contributed by atoms with Crippen LogP contribution in [0.4, 0.5) is 0 Å². The third-order valence-electron chi connectivity index (χ3n) is 4.97. The first-order valence-corrected chi connectivity index (χ1v) is 8.65. The largest absolute Gasteiger partial charge is 0.373 e. The van der Waals surface area contributed by atoms with Crippen molar-refractivity contribution in [2.45, 2.75) is 44.2 Å². The Morgan fingerprint density at radius 2 is 2.00 bits per heavy atom. The van der Waals surface area contributed by atoms with E-state index in [9.17, 15) is 0 Å². The summed E-state index contributed by atoms with van der Waals surface area (Å²) in [5.74, 6) is 0. The van der Waals surface area contributed by atoms with E-state index in [1.807, 2.05) is 43.0 Å². The minimum atomic E-state index is 0.178. The molecule has 0 spiro atoms. The molecule has 3 heterocycles. The molecule has 24 heavy (non-hydrogen) atoms. The van der Waals surface area contributed by atoms with Crippen LogP contribution < -0.4 is 0 Å². The van der Waals surface area contributed by atoms with E-state index in [1.54, 1.807) is 0 Å². The molecule has 0 bridgehead atoms. The van der Waals surface area contributed by atoms with Gasteiger partial charge in [0.1, 0.15) is 0 Å². The van der Waals surface area contributed by atoms with Gasteiger partial charge in [-0.1, -0.05) is 6.07 Å². The zero-order valence-electron chi connectivity index (χ0n) is 13.8. The van der Waals surface area contributed by atoms with Crippen molar-refractivity contribution in [3.8, 4) is 0 Å². The molecular weight excluding hydrogens is 302 g/mol. The summed E-state index contributed by atoms with van der Waals surface area (Å²) < 4.78 is 12.2. The van der Waals surface area contributed by atoms with Crippen LogP contribution in [0.25, 0.3) is 0 Å². The summed E-state index contributed by atoms with van der Waals surface area (Å²) in [6, 6.07) is 8.60. The Hall–Kier alpha value is -1.82. The highest BCUT2D eigenvalue weighted by Crippen LogP contribution is 2.33. The number of aromatic nitrogens is 2. The van der Waals surface area contributed by atoms with E-state index in [4.69, 9.17) is 9.47 Å². The summed E-state index contributed by atoms with van der Waals surface area (Å²) in [5.41, 5.74) is 2.43. The third kappa shape index (κ3) is 3.48. The molecule has 2 aromatic heterocycles. The molecule has 1 saturated heterocycles. The molecule has 5 heteroatoms. The van der Waals surface area contributed by atoms with Gasteiger partial charge in [-0.15, -0.1) is 0 Å². The summed E-state index contributed by atoms with van der Waals surface area (Å²) in [5, 5.41) is 0. The van der Waals surface area contributed by atoms with E-state index in [0.29, 0.717) is 12.6 Å². The van der Waals surface area contributed by atoms with E-state index in [-0.39, 0.29) is 12.2 Å². The molecule has 0 aromatic carbocycles. The van der Waals surface area contributed by atoms with E-state index in [2.05, 4.69) is 20.9 Å². The topological polar surface area (TPSA) is 47.5 Å². The summed E-state index contributed by atoms with van der Waals surface area (Å²) in [6.45, 7) is 3.32. The van der Waals surface area contributed by atoms with Gasteiger partial charge in [0.25, 0.3) is 0 Å². The standard InChI is InChI=1S/C19H23N3O2/c1-2-16(12-21-7-1)13-22-10-11-23-19-17(22)3-4-18(19)24-14-15-5-8-20-9-6-15/h1-2,5-9,12,17-19H,3-4,10-11,13-14H2/t17-,18+,19+/m0/s1. The van der Waals surface area contributed by atoms with Gasteiger partial charge in [0.05, 0.1) is 25.4 Å². The van der Waals surface area contributed by atoms with E-state index >= 15 is 0 Å². The Kier molecular flexibility index (Phi) is 4.83. The normalized spacial score (nSPS) is 27.1. The minimum absolute atomic E-state index is 0.178. The van der Waals surface area contributed by atoms with Crippen LogP contribution in [-0.4, -0.2) is 46.3 Å². The van der Waals surface area contributed by atoms with Crippen molar-refractivity contribution in [2.75, 3.05) is 13.2 Å². The number of fused-ring (bicyclic) bond motifs is 1. The molecule has 126 valence electrons. The molecule has 0 amide bonds. The van der Waals surface area contributed by atoms with Crippen molar-refractivity contribution in [2.24, 2.45) is 0 Å². The highest BCUT2D eigenvalue weighted by molar-refractivity contribution is 5.10. The van der Waals surface area contributed by atoms with Crippen molar-refractivity contribution in [1.82, 2.24) is 14.9 Å². The lowest BCUT2D eigenvalue weighted by atomic mass is 10.1. The first-order chi connectivity index (χ1) is 11.9. The van der Waals surface area contributed by atoms with Gasteiger partial charge in [-0.3, -0.25) is 14.9 Å². The highest BCUT2D eigenvalue weighted by Gasteiger charge is 2.43. The van der Waals surface area contributed by atoms with Crippen LogP contribution in [0.5, 0.6) is 0 Å². The molecule has 3 atom stereocenters. The van der Waals surface area contributed by atoms with Gasteiger partial charge in [-0.2, -0.15) is 0 Å². The molecule has 0 N–H and O–H groups in total. The van der Waals surface area contributed by atoms with Gasteiger partial charge in [0.15, 0.2) is 0 Å². The van der Waals surface area contributed by atoms with Gasteiger partial charge in [-0.05, 0) is 42.2 Å². The molecule has 2 aromatic rings. The fourth-order valence-electron chi connectivity index (χ4n) is 3.77. The summed E-state index contributed by atoms with van der Waals surface area (Å²) in [7, 11) is 0. The first kappa shape index (κ1) is 15.7. The van der Waals surface area contributed by atoms with Gasteiger partial charge < -0.3 is 9.47 Å². The third-order valence-corrected chi connectivity index (χ3v) is 4.97. The zero-order valence-corrected chi connectivity index (χ0v) is 13.8. The zero-order chi connectivity index (χ0) is 16.2. The Balaban J connectivity index is 1.37. The van der Waals surface area contributed by atoms with Crippen LogP contribution in [0.3, 0.4) is 0 Å². The van der Waals surface area contributed by atoms with Gasteiger partial charge in [0, 0.05) is 43.9 Å². The molecular formula is C19H23N3O2. The number of nitrogens with zero attached hydrogens (tertiary/aromatic N) is 3. The summed E-state index contributed by atoms with van der Waals surface area (Å²) in [6.07, 6.45) is 9.94. The van der Waals surface area contributed by atoms with Gasteiger partial charge in [0.2, 0.25) is 0 Å². The number of rotatable bonds is 5. The SMILES string of the molecule is c1cncc(CN2CCO[C@H]3[C@H](OCc4ccncc4)CC[C@@H]32)c1. The predicted molar refractivity (Wildman–Crippen MR) is 90.2 cm³/mol. The maximum absolute atomic E-state index is 6.17.